The van der Waals surface area contributed by atoms with Crippen molar-refractivity contribution < 1.29 is 9.90 Å². The summed E-state index contributed by atoms with van der Waals surface area (Å²) < 4.78 is 0. The summed E-state index contributed by atoms with van der Waals surface area (Å²) in [7, 11) is 0. The van der Waals surface area contributed by atoms with Crippen LogP contribution < -0.4 is 5.32 Å². The number of hydrogen-bond acceptors (Lipinski definition) is 2. The summed E-state index contributed by atoms with van der Waals surface area (Å²) in [6.45, 7) is 0.691. The number of nitrogens with one attached hydrogen (secondary N) is 1. The smallest absolute Gasteiger partial charge is 0.224 e. The number of rotatable bonds is 0. The Bertz CT molecular complexity index is 347. The highest BCUT2D eigenvalue weighted by Crippen LogP contribution is 2.18. The number of hydrogen-bond donors (Lipinski definition) is 2. The SMILES string of the molecule is O=C1Cc2cc(O)ccc2CCN1. The lowest BCUT2D eigenvalue weighted by Crippen LogP contribution is -2.24. The van der Waals surface area contributed by atoms with Gasteiger partial charge in [0.1, 0.15) is 5.75 Å². The number of aromatic hydroxyl groups is 1. The van der Waals surface area contributed by atoms with Gasteiger partial charge in [0.2, 0.25) is 5.91 Å². The Morgan fingerprint density at radius 2 is 2.15 bits per heavy atom. The molecule has 1 aliphatic rings. The van der Waals surface area contributed by atoms with Crippen molar-refractivity contribution >= 4 is 5.91 Å². The van der Waals surface area contributed by atoms with Crippen LogP contribution in [-0.2, 0) is 17.6 Å². The standard InChI is InChI=1S/C10H11NO2/c12-9-2-1-7-3-4-11-10(13)6-8(7)5-9/h1-2,5,12H,3-4,6H2,(H,11,13). The van der Waals surface area contributed by atoms with E-state index < -0.39 is 0 Å². The first-order chi connectivity index (χ1) is 6.25. The zero-order chi connectivity index (χ0) is 9.26. The van der Waals surface area contributed by atoms with Crippen molar-refractivity contribution in [2.24, 2.45) is 0 Å². The van der Waals surface area contributed by atoms with Gasteiger partial charge in [-0.15, -0.1) is 0 Å². The molecule has 0 saturated carbocycles. The summed E-state index contributed by atoms with van der Waals surface area (Å²) in [4.78, 5) is 11.2. The molecule has 3 nitrogen and oxygen atoms in total. The number of carbonyl (C=O) groups excluding carboxylic acids is 1. The van der Waals surface area contributed by atoms with Gasteiger partial charge in [-0.1, -0.05) is 6.07 Å². The third-order valence-electron chi connectivity index (χ3n) is 2.26. The summed E-state index contributed by atoms with van der Waals surface area (Å²) in [5.74, 6) is 0.262. The number of fused-ring (bicyclic) bond motifs is 1. The number of carbonyl (C=O) groups is 1. The topological polar surface area (TPSA) is 49.3 Å². The van der Waals surface area contributed by atoms with Gasteiger partial charge in [-0.05, 0) is 29.7 Å². The molecule has 1 aromatic rings. The molecular formula is C10H11NO2. The second-order valence-corrected chi connectivity index (χ2v) is 3.23. The number of phenols is 1. The lowest BCUT2D eigenvalue weighted by atomic mass is 10.0. The van der Waals surface area contributed by atoms with E-state index >= 15 is 0 Å². The van der Waals surface area contributed by atoms with Gasteiger partial charge in [-0.25, -0.2) is 0 Å². The van der Waals surface area contributed by atoms with E-state index in [2.05, 4.69) is 5.32 Å². The second kappa shape index (κ2) is 3.09. The molecule has 0 atom stereocenters. The molecule has 1 heterocycles. The zero-order valence-corrected chi connectivity index (χ0v) is 7.21. The first kappa shape index (κ1) is 8.10. The van der Waals surface area contributed by atoms with Crippen molar-refractivity contribution in [3.8, 4) is 5.75 Å². The van der Waals surface area contributed by atoms with Crippen molar-refractivity contribution in [1.29, 1.82) is 0 Å². The molecule has 68 valence electrons. The molecule has 0 spiro atoms. The van der Waals surface area contributed by atoms with Gasteiger partial charge in [0, 0.05) is 6.54 Å². The van der Waals surface area contributed by atoms with E-state index in [4.69, 9.17) is 0 Å². The van der Waals surface area contributed by atoms with Crippen LogP contribution in [0.3, 0.4) is 0 Å². The second-order valence-electron chi connectivity index (χ2n) is 3.23. The predicted molar refractivity (Wildman–Crippen MR) is 48.5 cm³/mol. The van der Waals surface area contributed by atoms with Crippen molar-refractivity contribution in [3.63, 3.8) is 0 Å². The number of amides is 1. The Morgan fingerprint density at radius 3 is 3.00 bits per heavy atom. The Labute approximate surface area is 76.4 Å². The molecule has 0 radical (unpaired) electrons. The van der Waals surface area contributed by atoms with E-state index in [-0.39, 0.29) is 11.7 Å². The maximum absolute atomic E-state index is 11.2. The van der Waals surface area contributed by atoms with E-state index in [1.54, 1.807) is 12.1 Å². The minimum absolute atomic E-state index is 0.0318. The molecule has 0 fully saturated rings. The van der Waals surface area contributed by atoms with Crippen molar-refractivity contribution in [1.82, 2.24) is 5.32 Å². The Morgan fingerprint density at radius 1 is 1.31 bits per heavy atom. The average molecular weight is 177 g/mol. The molecule has 0 unspecified atom stereocenters. The molecule has 0 aliphatic carbocycles. The Hall–Kier alpha value is -1.51. The first-order valence-corrected chi connectivity index (χ1v) is 4.33. The van der Waals surface area contributed by atoms with Crippen LogP contribution in [0.4, 0.5) is 0 Å². The third-order valence-corrected chi connectivity index (χ3v) is 2.26. The fourth-order valence-corrected chi connectivity index (χ4v) is 1.59. The van der Waals surface area contributed by atoms with E-state index in [0.717, 1.165) is 17.5 Å². The van der Waals surface area contributed by atoms with Crippen molar-refractivity contribution in [3.05, 3.63) is 29.3 Å². The van der Waals surface area contributed by atoms with Crippen LogP contribution in [0.2, 0.25) is 0 Å². The quantitative estimate of drug-likeness (QED) is 0.610. The molecule has 0 bridgehead atoms. The summed E-state index contributed by atoms with van der Waals surface area (Å²) in [6, 6.07) is 5.21. The van der Waals surface area contributed by atoms with Gasteiger partial charge in [0.05, 0.1) is 6.42 Å². The highest BCUT2D eigenvalue weighted by atomic mass is 16.3. The molecule has 3 heteroatoms. The van der Waals surface area contributed by atoms with Gasteiger partial charge in [-0.3, -0.25) is 4.79 Å². The Balaban J connectivity index is 2.40. The molecule has 2 N–H and O–H groups in total. The summed E-state index contributed by atoms with van der Waals surface area (Å²) >= 11 is 0. The predicted octanol–water partition coefficient (Wildman–Crippen LogP) is 0.607. The zero-order valence-electron chi connectivity index (χ0n) is 7.21. The lowest BCUT2D eigenvalue weighted by Gasteiger charge is -2.03. The van der Waals surface area contributed by atoms with Crippen LogP contribution in [0.15, 0.2) is 18.2 Å². The Kier molecular flexibility index (Phi) is 1.93. The lowest BCUT2D eigenvalue weighted by molar-refractivity contribution is -0.120. The highest BCUT2D eigenvalue weighted by Gasteiger charge is 2.12. The fraction of sp³-hybridized carbons (Fsp3) is 0.300. The summed E-state index contributed by atoms with van der Waals surface area (Å²) in [5.41, 5.74) is 2.09. The van der Waals surface area contributed by atoms with Gasteiger partial charge in [-0.2, -0.15) is 0 Å². The van der Waals surface area contributed by atoms with Crippen LogP contribution in [0.1, 0.15) is 11.1 Å². The average Bonchev–Trinajstić information content (AvgIpc) is 2.25. The monoisotopic (exact) mass is 177 g/mol. The number of phenolic OH excluding ortho intramolecular Hbond substituents is 1. The maximum atomic E-state index is 11.2. The minimum Gasteiger partial charge on any atom is -0.508 e. The van der Waals surface area contributed by atoms with E-state index in [1.165, 1.54) is 0 Å². The summed E-state index contributed by atoms with van der Waals surface area (Å²) in [6.07, 6.45) is 1.23. The van der Waals surface area contributed by atoms with Gasteiger partial charge >= 0.3 is 0 Å². The highest BCUT2D eigenvalue weighted by molar-refractivity contribution is 5.79. The maximum Gasteiger partial charge on any atom is 0.224 e. The van der Waals surface area contributed by atoms with Crippen molar-refractivity contribution in [2.45, 2.75) is 12.8 Å². The normalized spacial score (nSPS) is 15.8. The fourth-order valence-electron chi connectivity index (χ4n) is 1.59. The van der Waals surface area contributed by atoms with Gasteiger partial charge < -0.3 is 10.4 Å². The van der Waals surface area contributed by atoms with Gasteiger partial charge in [0.25, 0.3) is 0 Å². The minimum atomic E-state index is 0.0318. The first-order valence-electron chi connectivity index (χ1n) is 4.33. The molecular weight excluding hydrogens is 166 g/mol. The van der Waals surface area contributed by atoms with Crippen LogP contribution in [0, 0.1) is 0 Å². The molecule has 0 aromatic heterocycles. The van der Waals surface area contributed by atoms with Crippen LogP contribution >= 0.6 is 0 Å². The van der Waals surface area contributed by atoms with Crippen LogP contribution in [0.25, 0.3) is 0 Å². The molecule has 13 heavy (non-hydrogen) atoms. The van der Waals surface area contributed by atoms with Crippen molar-refractivity contribution in [2.75, 3.05) is 6.54 Å². The van der Waals surface area contributed by atoms with Crippen LogP contribution in [-0.4, -0.2) is 17.6 Å². The van der Waals surface area contributed by atoms with Crippen LogP contribution in [0.5, 0.6) is 5.75 Å². The summed E-state index contributed by atoms with van der Waals surface area (Å²) in [5, 5.41) is 12.0. The number of benzene rings is 1. The molecule has 2 rings (SSSR count). The molecule has 0 saturated heterocycles. The van der Waals surface area contributed by atoms with E-state index in [1.807, 2.05) is 6.07 Å². The van der Waals surface area contributed by atoms with E-state index in [9.17, 15) is 9.90 Å². The molecule has 1 aliphatic heterocycles. The third kappa shape index (κ3) is 1.64. The van der Waals surface area contributed by atoms with E-state index in [0.29, 0.717) is 13.0 Å². The molecule has 1 aromatic carbocycles. The largest absolute Gasteiger partial charge is 0.508 e. The van der Waals surface area contributed by atoms with Gasteiger partial charge in [0.15, 0.2) is 0 Å². The molecule has 1 amide bonds.